The van der Waals surface area contributed by atoms with Gasteiger partial charge in [0.2, 0.25) is 5.95 Å². The fourth-order valence-corrected chi connectivity index (χ4v) is 3.97. The highest BCUT2D eigenvalue weighted by Gasteiger charge is 2.34. The highest BCUT2D eigenvalue weighted by molar-refractivity contribution is 6.05. The molecule has 33 heavy (non-hydrogen) atoms. The van der Waals surface area contributed by atoms with Crippen molar-refractivity contribution in [1.82, 2.24) is 19.7 Å². The van der Waals surface area contributed by atoms with E-state index in [0.717, 1.165) is 11.1 Å². The maximum absolute atomic E-state index is 13.4. The number of ether oxygens (including phenoxy) is 1. The zero-order valence-electron chi connectivity index (χ0n) is 18.2. The number of anilines is 2. The van der Waals surface area contributed by atoms with Crippen LogP contribution in [0.25, 0.3) is 11.4 Å². The summed E-state index contributed by atoms with van der Waals surface area (Å²) < 4.78 is 7.25. The summed E-state index contributed by atoms with van der Waals surface area (Å²) in [5.74, 6) is 1.51. The summed E-state index contributed by atoms with van der Waals surface area (Å²) in [5.41, 5.74) is 3.57. The molecule has 1 unspecified atom stereocenters. The van der Waals surface area contributed by atoms with E-state index in [4.69, 9.17) is 14.8 Å². The smallest absolute Gasteiger partial charge is 0.255 e. The molecule has 2 N–H and O–H groups in total. The number of amides is 1. The average Bonchev–Trinajstić information content (AvgIpc) is 3.27. The van der Waals surface area contributed by atoms with Gasteiger partial charge in [-0.25, -0.2) is 4.68 Å². The van der Waals surface area contributed by atoms with E-state index in [1.54, 1.807) is 36.3 Å². The number of rotatable bonds is 5. The van der Waals surface area contributed by atoms with Crippen LogP contribution in [0.2, 0.25) is 0 Å². The third kappa shape index (κ3) is 3.82. The van der Waals surface area contributed by atoms with Crippen LogP contribution in [0.15, 0.2) is 90.4 Å². The van der Waals surface area contributed by atoms with Gasteiger partial charge in [0.25, 0.3) is 5.91 Å². The standard InChI is InChI=1S/C25H22N6O2/c1-16-21(24(32)28-18-11-8-14-26-15-18)22(17-9-4-3-5-10-17)31-25(27-16)29-23(30-31)19-12-6-7-13-20(19)33-2/h3-15,22H,1-2H3,(H,28,32)(H,27,29,30). The average molecular weight is 438 g/mol. The third-order valence-electron chi connectivity index (χ3n) is 5.48. The number of aromatic nitrogens is 4. The fraction of sp³-hybridized carbons (Fsp3) is 0.120. The number of hydrogen-bond donors (Lipinski definition) is 2. The fourth-order valence-electron chi connectivity index (χ4n) is 3.97. The first kappa shape index (κ1) is 20.4. The monoisotopic (exact) mass is 438 g/mol. The molecule has 164 valence electrons. The molecule has 1 aliphatic rings. The number of para-hydroxylation sites is 1. The van der Waals surface area contributed by atoms with Crippen LogP contribution in [0.4, 0.5) is 11.6 Å². The van der Waals surface area contributed by atoms with Crippen molar-refractivity contribution in [3.05, 3.63) is 96.0 Å². The van der Waals surface area contributed by atoms with Gasteiger partial charge in [-0.15, -0.1) is 5.10 Å². The number of benzene rings is 2. The summed E-state index contributed by atoms with van der Waals surface area (Å²) in [7, 11) is 1.62. The molecule has 4 aromatic rings. The zero-order valence-corrected chi connectivity index (χ0v) is 18.2. The van der Waals surface area contributed by atoms with E-state index in [-0.39, 0.29) is 5.91 Å². The van der Waals surface area contributed by atoms with Crippen molar-refractivity contribution < 1.29 is 9.53 Å². The van der Waals surface area contributed by atoms with Gasteiger partial charge >= 0.3 is 0 Å². The van der Waals surface area contributed by atoms with Crippen LogP contribution in [-0.4, -0.2) is 32.8 Å². The van der Waals surface area contributed by atoms with E-state index in [1.807, 2.05) is 61.5 Å². The summed E-state index contributed by atoms with van der Waals surface area (Å²) in [6.07, 6.45) is 3.28. The van der Waals surface area contributed by atoms with E-state index < -0.39 is 6.04 Å². The number of fused-ring (bicyclic) bond motifs is 1. The van der Waals surface area contributed by atoms with Crippen LogP contribution >= 0.6 is 0 Å². The lowest BCUT2D eigenvalue weighted by Gasteiger charge is -2.28. The Kier molecular flexibility index (Phi) is 5.32. The molecule has 2 aromatic carbocycles. The Bertz CT molecular complexity index is 1330. The molecule has 0 radical (unpaired) electrons. The van der Waals surface area contributed by atoms with Crippen LogP contribution < -0.4 is 15.4 Å². The lowest BCUT2D eigenvalue weighted by atomic mass is 9.95. The minimum atomic E-state index is -0.463. The van der Waals surface area contributed by atoms with Crippen molar-refractivity contribution in [3.8, 4) is 17.1 Å². The lowest BCUT2D eigenvalue weighted by Crippen LogP contribution is -2.31. The Morgan fingerprint density at radius 3 is 2.61 bits per heavy atom. The van der Waals surface area contributed by atoms with Crippen LogP contribution in [0.5, 0.6) is 5.75 Å². The van der Waals surface area contributed by atoms with Crippen molar-refractivity contribution >= 4 is 17.5 Å². The molecule has 3 heterocycles. The van der Waals surface area contributed by atoms with Gasteiger partial charge in [-0.3, -0.25) is 9.78 Å². The lowest BCUT2D eigenvalue weighted by molar-refractivity contribution is -0.113. The minimum Gasteiger partial charge on any atom is -0.496 e. The number of carbonyl (C=O) groups is 1. The number of nitrogens with one attached hydrogen (secondary N) is 2. The van der Waals surface area contributed by atoms with Gasteiger partial charge in [0, 0.05) is 11.9 Å². The predicted molar refractivity (Wildman–Crippen MR) is 126 cm³/mol. The van der Waals surface area contributed by atoms with Gasteiger partial charge in [-0.2, -0.15) is 4.98 Å². The molecule has 1 atom stereocenters. The summed E-state index contributed by atoms with van der Waals surface area (Å²) in [6.45, 7) is 1.87. The first-order valence-electron chi connectivity index (χ1n) is 10.5. The van der Waals surface area contributed by atoms with Gasteiger partial charge in [0.15, 0.2) is 5.82 Å². The summed E-state index contributed by atoms with van der Waals surface area (Å²) >= 11 is 0. The second-order valence-electron chi connectivity index (χ2n) is 7.58. The molecule has 2 aromatic heterocycles. The number of methoxy groups -OCH3 is 1. The Morgan fingerprint density at radius 1 is 1.06 bits per heavy atom. The topological polar surface area (TPSA) is 94.0 Å². The second kappa shape index (κ2) is 8.58. The first-order valence-corrected chi connectivity index (χ1v) is 10.5. The normalized spacial score (nSPS) is 14.9. The molecular weight excluding hydrogens is 416 g/mol. The van der Waals surface area contributed by atoms with E-state index in [0.29, 0.717) is 34.5 Å². The van der Waals surface area contributed by atoms with E-state index in [9.17, 15) is 4.79 Å². The number of pyridine rings is 1. The van der Waals surface area contributed by atoms with Gasteiger partial charge in [-0.1, -0.05) is 42.5 Å². The molecule has 0 bridgehead atoms. The minimum absolute atomic E-state index is 0.234. The summed E-state index contributed by atoms with van der Waals surface area (Å²) in [5, 5.41) is 11.0. The van der Waals surface area contributed by atoms with Gasteiger partial charge in [0.1, 0.15) is 11.8 Å². The van der Waals surface area contributed by atoms with Crippen molar-refractivity contribution in [2.24, 2.45) is 0 Å². The van der Waals surface area contributed by atoms with Crippen molar-refractivity contribution in [2.75, 3.05) is 17.7 Å². The van der Waals surface area contributed by atoms with Crippen LogP contribution in [0, 0.1) is 0 Å². The van der Waals surface area contributed by atoms with Gasteiger partial charge in [-0.05, 0) is 36.8 Å². The Labute approximate surface area is 191 Å². The second-order valence-corrected chi connectivity index (χ2v) is 7.58. The highest BCUT2D eigenvalue weighted by atomic mass is 16.5. The van der Waals surface area contributed by atoms with Crippen molar-refractivity contribution in [2.45, 2.75) is 13.0 Å². The van der Waals surface area contributed by atoms with Gasteiger partial charge < -0.3 is 15.4 Å². The van der Waals surface area contributed by atoms with Crippen molar-refractivity contribution in [3.63, 3.8) is 0 Å². The van der Waals surface area contributed by atoms with Crippen LogP contribution in [0.1, 0.15) is 18.5 Å². The maximum atomic E-state index is 13.4. The molecule has 8 nitrogen and oxygen atoms in total. The van der Waals surface area contributed by atoms with Gasteiger partial charge in [0.05, 0.1) is 30.1 Å². The Morgan fingerprint density at radius 2 is 1.85 bits per heavy atom. The maximum Gasteiger partial charge on any atom is 0.255 e. The molecule has 0 saturated heterocycles. The number of carbonyl (C=O) groups excluding carboxylic acids is 1. The molecule has 0 spiro atoms. The van der Waals surface area contributed by atoms with E-state index >= 15 is 0 Å². The van der Waals surface area contributed by atoms with Crippen LogP contribution in [0.3, 0.4) is 0 Å². The third-order valence-corrected chi connectivity index (χ3v) is 5.48. The van der Waals surface area contributed by atoms with Crippen molar-refractivity contribution in [1.29, 1.82) is 0 Å². The largest absolute Gasteiger partial charge is 0.496 e. The highest BCUT2D eigenvalue weighted by Crippen LogP contribution is 2.37. The molecular formula is C25H22N6O2. The zero-order chi connectivity index (χ0) is 22.8. The molecule has 1 aliphatic heterocycles. The Hall–Kier alpha value is -4.46. The summed E-state index contributed by atoms with van der Waals surface area (Å²) in [6, 6.07) is 20.5. The van der Waals surface area contributed by atoms with E-state index in [1.165, 1.54) is 0 Å². The molecule has 1 amide bonds. The Balaban J connectivity index is 1.61. The number of allylic oxidation sites excluding steroid dienone is 1. The molecule has 0 aliphatic carbocycles. The molecule has 0 fully saturated rings. The summed E-state index contributed by atoms with van der Waals surface area (Å²) in [4.78, 5) is 22.2. The number of nitrogens with zero attached hydrogens (tertiary/aromatic N) is 4. The van der Waals surface area contributed by atoms with Crippen LogP contribution in [-0.2, 0) is 4.79 Å². The molecule has 0 saturated carbocycles. The number of hydrogen-bond acceptors (Lipinski definition) is 6. The first-order chi connectivity index (χ1) is 16.2. The SMILES string of the molecule is COc1ccccc1-c1nc2n(n1)C(c1ccccc1)C(C(=O)Nc1cccnc1)=C(C)N2. The molecule has 8 heteroatoms. The van der Waals surface area contributed by atoms with E-state index in [2.05, 4.69) is 15.6 Å². The quantitative estimate of drug-likeness (QED) is 0.483. The predicted octanol–water partition coefficient (Wildman–Crippen LogP) is 4.28. The molecule has 5 rings (SSSR count).